The quantitative estimate of drug-likeness (QED) is 0.512. The van der Waals surface area contributed by atoms with Crippen LogP contribution in [0.15, 0.2) is 55.0 Å². The molecule has 1 aliphatic carbocycles. The normalized spacial score (nSPS) is 18.9. The van der Waals surface area contributed by atoms with E-state index in [0.717, 1.165) is 37.1 Å². The van der Waals surface area contributed by atoms with E-state index in [1.165, 1.54) is 6.20 Å². The minimum absolute atomic E-state index is 0.0702. The molecule has 2 atom stereocenters. The highest BCUT2D eigenvalue weighted by molar-refractivity contribution is 5.98. The number of aromatic nitrogens is 3. The lowest BCUT2D eigenvalue weighted by Gasteiger charge is -2.29. The molecule has 8 nitrogen and oxygen atoms in total. The standard InChI is InChI=1S/C21H25N7O/c22-17-5-1-2-6-18(17)26-21-24-13-16(19(23)29)20(27-21)25-14-7-9-15(10-8-14)28-11-3-4-12-28/h3-4,7-13,17-18H,1-2,5-6,22H2,(H2,23,29)(H2,24,25,26,27)/t17-,18+/m0/s1. The molecule has 150 valence electrons. The second-order valence-corrected chi connectivity index (χ2v) is 7.28. The van der Waals surface area contributed by atoms with Crippen molar-refractivity contribution < 1.29 is 4.79 Å². The predicted molar refractivity (Wildman–Crippen MR) is 113 cm³/mol. The van der Waals surface area contributed by atoms with E-state index in [2.05, 4.69) is 20.6 Å². The average molecular weight is 391 g/mol. The Hall–Kier alpha value is -3.39. The Morgan fingerprint density at radius 3 is 2.52 bits per heavy atom. The van der Waals surface area contributed by atoms with Crippen molar-refractivity contribution in [3.05, 3.63) is 60.6 Å². The molecule has 0 radical (unpaired) electrons. The zero-order valence-corrected chi connectivity index (χ0v) is 16.1. The van der Waals surface area contributed by atoms with Crippen molar-refractivity contribution in [1.82, 2.24) is 14.5 Å². The van der Waals surface area contributed by atoms with Gasteiger partial charge >= 0.3 is 0 Å². The average Bonchev–Trinajstić information content (AvgIpc) is 3.25. The number of hydrogen-bond acceptors (Lipinski definition) is 6. The Kier molecular flexibility index (Phi) is 5.44. The third-order valence-electron chi connectivity index (χ3n) is 5.22. The number of amides is 1. The fourth-order valence-electron chi connectivity index (χ4n) is 3.59. The van der Waals surface area contributed by atoms with E-state index < -0.39 is 5.91 Å². The van der Waals surface area contributed by atoms with Crippen LogP contribution in [0.5, 0.6) is 0 Å². The number of benzene rings is 1. The molecule has 29 heavy (non-hydrogen) atoms. The molecule has 1 aliphatic rings. The van der Waals surface area contributed by atoms with Crippen LogP contribution in [0.2, 0.25) is 0 Å². The molecular formula is C21H25N7O. The van der Waals surface area contributed by atoms with Gasteiger partial charge in [-0.1, -0.05) is 12.8 Å². The zero-order chi connectivity index (χ0) is 20.2. The maximum absolute atomic E-state index is 11.8. The molecule has 1 fully saturated rings. The molecule has 8 heteroatoms. The van der Waals surface area contributed by atoms with E-state index in [-0.39, 0.29) is 17.6 Å². The van der Waals surface area contributed by atoms with Gasteiger partial charge in [-0.15, -0.1) is 0 Å². The highest BCUT2D eigenvalue weighted by Crippen LogP contribution is 2.23. The van der Waals surface area contributed by atoms with Crippen LogP contribution in [0, 0.1) is 0 Å². The fraction of sp³-hybridized carbons (Fsp3) is 0.286. The van der Waals surface area contributed by atoms with Crippen molar-refractivity contribution in [3.8, 4) is 5.69 Å². The van der Waals surface area contributed by atoms with Gasteiger partial charge in [0.05, 0.1) is 0 Å². The van der Waals surface area contributed by atoms with Gasteiger partial charge < -0.3 is 26.7 Å². The number of hydrogen-bond donors (Lipinski definition) is 4. The van der Waals surface area contributed by atoms with Crippen LogP contribution in [0.4, 0.5) is 17.5 Å². The molecule has 6 N–H and O–H groups in total. The summed E-state index contributed by atoms with van der Waals surface area (Å²) < 4.78 is 2.01. The van der Waals surface area contributed by atoms with Gasteiger partial charge in [-0.2, -0.15) is 4.98 Å². The lowest BCUT2D eigenvalue weighted by molar-refractivity contribution is 0.100. The Morgan fingerprint density at radius 2 is 1.83 bits per heavy atom. The molecule has 4 rings (SSSR count). The minimum atomic E-state index is -0.586. The Labute approximate surface area is 169 Å². The summed E-state index contributed by atoms with van der Waals surface area (Å²) in [6.45, 7) is 0. The van der Waals surface area contributed by atoms with Crippen LogP contribution >= 0.6 is 0 Å². The third kappa shape index (κ3) is 4.38. The summed E-state index contributed by atoms with van der Waals surface area (Å²) in [5.41, 5.74) is 13.8. The van der Waals surface area contributed by atoms with Crippen molar-refractivity contribution in [1.29, 1.82) is 0 Å². The topological polar surface area (TPSA) is 124 Å². The van der Waals surface area contributed by atoms with Gasteiger partial charge in [-0.3, -0.25) is 4.79 Å². The molecule has 1 saturated carbocycles. The largest absolute Gasteiger partial charge is 0.365 e. The summed E-state index contributed by atoms with van der Waals surface area (Å²) in [4.78, 5) is 20.6. The summed E-state index contributed by atoms with van der Waals surface area (Å²) in [5.74, 6) is 0.217. The summed E-state index contributed by atoms with van der Waals surface area (Å²) in [6.07, 6.45) is 9.64. The molecule has 1 aromatic carbocycles. The molecular weight excluding hydrogens is 366 g/mol. The second kappa shape index (κ2) is 8.32. The van der Waals surface area contributed by atoms with Crippen LogP contribution in [0.25, 0.3) is 5.69 Å². The number of rotatable bonds is 6. The highest BCUT2D eigenvalue weighted by Gasteiger charge is 2.23. The number of nitrogens with one attached hydrogen (secondary N) is 2. The molecule has 0 saturated heterocycles. The van der Waals surface area contributed by atoms with Crippen LogP contribution in [-0.4, -0.2) is 32.5 Å². The van der Waals surface area contributed by atoms with Gasteiger partial charge in [-0.25, -0.2) is 4.98 Å². The number of anilines is 3. The number of carbonyl (C=O) groups is 1. The molecule has 2 aromatic heterocycles. The first-order valence-electron chi connectivity index (χ1n) is 9.79. The summed E-state index contributed by atoms with van der Waals surface area (Å²) in [6, 6.07) is 11.9. The van der Waals surface area contributed by atoms with E-state index in [1.54, 1.807) is 0 Å². The van der Waals surface area contributed by atoms with E-state index >= 15 is 0 Å². The summed E-state index contributed by atoms with van der Waals surface area (Å²) in [5, 5.41) is 6.49. The number of nitrogens with zero attached hydrogens (tertiary/aromatic N) is 3. The van der Waals surface area contributed by atoms with Crippen molar-refractivity contribution in [2.75, 3.05) is 10.6 Å². The van der Waals surface area contributed by atoms with Gasteiger partial charge in [-0.05, 0) is 49.2 Å². The maximum atomic E-state index is 11.8. The summed E-state index contributed by atoms with van der Waals surface area (Å²) >= 11 is 0. The third-order valence-corrected chi connectivity index (χ3v) is 5.22. The van der Waals surface area contributed by atoms with Crippen molar-refractivity contribution >= 4 is 23.4 Å². The lowest BCUT2D eigenvalue weighted by atomic mass is 9.91. The van der Waals surface area contributed by atoms with Gasteiger partial charge in [0.15, 0.2) is 0 Å². The van der Waals surface area contributed by atoms with E-state index in [0.29, 0.717) is 11.8 Å². The monoisotopic (exact) mass is 391 g/mol. The van der Waals surface area contributed by atoms with Crippen molar-refractivity contribution in [2.24, 2.45) is 11.5 Å². The molecule has 0 unspecified atom stereocenters. The molecule has 0 aliphatic heterocycles. The zero-order valence-electron chi connectivity index (χ0n) is 16.1. The van der Waals surface area contributed by atoms with Crippen LogP contribution in [0.3, 0.4) is 0 Å². The number of primary amides is 1. The lowest BCUT2D eigenvalue weighted by Crippen LogP contribution is -2.43. The Morgan fingerprint density at radius 1 is 1.10 bits per heavy atom. The van der Waals surface area contributed by atoms with Crippen LogP contribution in [0.1, 0.15) is 36.0 Å². The smallest absolute Gasteiger partial charge is 0.254 e. The number of carbonyl (C=O) groups excluding carboxylic acids is 1. The fourth-order valence-corrected chi connectivity index (χ4v) is 3.59. The van der Waals surface area contributed by atoms with Crippen LogP contribution in [-0.2, 0) is 0 Å². The first kappa shape index (κ1) is 18.9. The van der Waals surface area contributed by atoms with Crippen molar-refractivity contribution in [3.63, 3.8) is 0 Å². The Bertz CT molecular complexity index is 969. The van der Waals surface area contributed by atoms with E-state index in [1.807, 2.05) is 53.4 Å². The Balaban J connectivity index is 1.55. The SMILES string of the molecule is NC(=O)c1cnc(N[C@@H]2CCCC[C@@H]2N)nc1Nc1ccc(-n2cccc2)cc1. The molecule has 0 spiro atoms. The molecule has 1 amide bonds. The predicted octanol–water partition coefficient (Wildman–Crippen LogP) is 2.79. The number of nitrogens with two attached hydrogens (primary N) is 2. The molecule has 0 bridgehead atoms. The van der Waals surface area contributed by atoms with Gasteiger partial charge in [0, 0.05) is 42.0 Å². The minimum Gasteiger partial charge on any atom is -0.365 e. The van der Waals surface area contributed by atoms with Crippen LogP contribution < -0.4 is 22.1 Å². The second-order valence-electron chi connectivity index (χ2n) is 7.28. The first-order valence-corrected chi connectivity index (χ1v) is 9.79. The van der Waals surface area contributed by atoms with Gasteiger partial charge in [0.25, 0.3) is 5.91 Å². The molecule has 3 aromatic rings. The molecule has 2 heterocycles. The van der Waals surface area contributed by atoms with Gasteiger partial charge in [0.2, 0.25) is 5.95 Å². The van der Waals surface area contributed by atoms with Gasteiger partial charge in [0.1, 0.15) is 11.4 Å². The van der Waals surface area contributed by atoms with Crippen molar-refractivity contribution in [2.45, 2.75) is 37.8 Å². The highest BCUT2D eigenvalue weighted by atomic mass is 16.1. The van der Waals surface area contributed by atoms with E-state index in [4.69, 9.17) is 11.5 Å². The first-order chi connectivity index (χ1) is 14.1. The van der Waals surface area contributed by atoms with E-state index in [9.17, 15) is 4.79 Å². The maximum Gasteiger partial charge on any atom is 0.254 e. The summed E-state index contributed by atoms with van der Waals surface area (Å²) in [7, 11) is 0.